The van der Waals surface area contributed by atoms with E-state index in [4.69, 9.17) is 9.26 Å². The van der Waals surface area contributed by atoms with Crippen LogP contribution in [-0.4, -0.2) is 52.9 Å². The van der Waals surface area contributed by atoms with E-state index in [1.807, 2.05) is 43.3 Å². The highest BCUT2D eigenvalue weighted by atomic mass is 16.5. The Balaban J connectivity index is 1.32. The molecule has 0 bridgehead atoms. The molecule has 0 radical (unpaired) electrons. The van der Waals surface area contributed by atoms with Gasteiger partial charge in [0.2, 0.25) is 11.7 Å². The molecule has 28 heavy (non-hydrogen) atoms. The lowest BCUT2D eigenvalue weighted by Crippen LogP contribution is -2.46. The summed E-state index contributed by atoms with van der Waals surface area (Å²) in [5.41, 5.74) is 2.05. The van der Waals surface area contributed by atoms with Crippen LogP contribution in [-0.2, 0) is 6.54 Å². The van der Waals surface area contributed by atoms with Gasteiger partial charge in [0.15, 0.2) is 0 Å². The van der Waals surface area contributed by atoms with Crippen LogP contribution >= 0.6 is 0 Å². The van der Waals surface area contributed by atoms with Crippen molar-refractivity contribution in [2.75, 3.05) is 37.7 Å². The van der Waals surface area contributed by atoms with Gasteiger partial charge in [-0.15, -0.1) is 0 Å². The van der Waals surface area contributed by atoms with Crippen LogP contribution in [0, 0.1) is 0 Å². The number of benzene rings is 2. The summed E-state index contributed by atoms with van der Waals surface area (Å²) in [7, 11) is 0. The number of ether oxygens (including phenoxy) is 1. The van der Waals surface area contributed by atoms with Gasteiger partial charge in [-0.2, -0.15) is 4.98 Å². The molecular formula is C21H24N4O3. The largest absolute Gasteiger partial charge is 0.508 e. The number of nitrogens with zero attached hydrogens (tertiary/aromatic N) is 4. The maximum Gasteiger partial charge on any atom is 0.241 e. The van der Waals surface area contributed by atoms with Crippen molar-refractivity contribution in [2.45, 2.75) is 13.5 Å². The second-order valence-electron chi connectivity index (χ2n) is 6.75. The maximum absolute atomic E-state index is 9.43. The van der Waals surface area contributed by atoms with Crippen molar-refractivity contribution in [3.05, 3.63) is 54.4 Å². The van der Waals surface area contributed by atoms with Crippen LogP contribution in [0.4, 0.5) is 5.69 Å². The van der Waals surface area contributed by atoms with Crippen LogP contribution < -0.4 is 9.64 Å². The fourth-order valence-electron chi connectivity index (χ4n) is 3.32. The number of aromatic hydroxyl groups is 1. The van der Waals surface area contributed by atoms with E-state index < -0.39 is 0 Å². The van der Waals surface area contributed by atoms with E-state index in [2.05, 4.69) is 19.9 Å². The van der Waals surface area contributed by atoms with Gasteiger partial charge < -0.3 is 19.3 Å². The zero-order valence-electron chi connectivity index (χ0n) is 15.9. The molecule has 0 aliphatic carbocycles. The van der Waals surface area contributed by atoms with Crippen molar-refractivity contribution in [1.82, 2.24) is 15.0 Å². The average molecular weight is 380 g/mol. The van der Waals surface area contributed by atoms with Crippen LogP contribution in [0.5, 0.6) is 11.5 Å². The first-order chi connectivity index (χ1) is 13.7. The normalized spacial score (nSPS) is 15.0. The molecule has 7 nitrogen and oxygen atoms in total. The number of hydrogen-bond acceptors (Lipinski definition) is 7. The number of anilines is 1. The standard InChI is InChI=1S/C21H24N4O3/c1-2-27-19-9-3-16(4-10-19)21-22-20(28-23-21)15-24-11-13-25(14-12-24)17-5-7-18(26)8-6-17/h3-10,26H,2,11-15H2,1H3. The molecule has 0 unspecified atom stereocenters. The van der Waals surface area contributed by atoms with Gasteiger partial charge in [0.1, 0.15) is 11.5 Å². The number of aromatic nitrogens is 2. The predicted octanol–water partition coefficient (Wildman–Crippen LogP) is 3.16. The average Bonchev–Trinajstić information content (AvgIpc) is 3.19. The summed E-state index contributed by atoms with van der Waals surface area (Å²) < 4.78 is 10.9. The Bertz CT molecular complexity index is 885. The van der Waals surface area contributed by atoms with Crippen LogP contribution in [0.2, 0.25) is 0 Å². The molecule has 1 saturated heterocycles. The van der Waals surface area contributed by atoms with Crippen LogP contribution in [0.3, 0.4) is 0 Å². The quantitative estimate of drug-likeness (QED) is 0.704. The van der Waals surface area contributed by atoms with Gasteiger partial charge in [0, 0.05) is 37.4 Å². The smallest absolute Gasteiger partial charge is 0.241 e. The van der Waals surface area contributed by atoms with Gasteiger partial charge in [-0.1, -0.05) is 5.16 Å². The Kier molecular flexibility index (Phi) is 5.43. The molecule has 2 aromatic carbocycles. The zero-order chi connectivity index (χ0) is 19.3. The molecule has 1 fully saturated rings. The van der Waals surface area contributed by atoms with Crippen molar-refractivity contribution >= 4 is 5.69 Å². The fourth-order valence-corrected chi connectivity index (χ4v) is 3.32. The Morgan fingerprint density at radius 1 is 1.00 bits per heavy atom. The van der Waals surface area contributed by atoms with Crippen LogP contribution in [0.25, 0.3) is 11.4 Å². The Labute approximate surface area is 164 Å². The minimum atomic E-state index is 0.294. The number of phenols is 1. The fraction of sp³-hybridized carbons (Fsp3) is 0.333. The first kappa shape index (κ1) is 18.3. The van der Waals surface area contributed by atoms with Gasteiger partial charge in [0.05, 0.1) is 13.2 Å². The lowest BCUT2D eigenvalue weighted by atomic mass is 10.2. The predicted molar refractivity (Wildman–Crippen MR) is 106 cm³/mol. The number of hydrogen-bond donors (Lipinski definition) is 1. The molecular weight excluding hydrogens is 356 g/mol. The maximum atomic E-state index is 9.43. The molecule has 1 aromatic heterocycles. The highest BCUT2D eigenvalue weighted by Crippen LogP contribution is 2.22. The Morgan fingerprint density at radius 2 is 1.71 bits per heavy atom. The molecule has 2 heterocycles. The highest BCUT2D eigenvalue weighted by Gasteiger charge is 2.20. The molecule has 0 amide bonds. The van der Waals surface area contributed by atoms with E-state index in [-0.39, 0.29) is 0 Å². The van der Waals surface area contributed by atoms with E-state index >= 15 is 0 Å². The number of piperazine rings is 1. The summed E-state index contributed by atoms with van der Waals surface area (Å²) in [5.74, 6) is 2.35. The van der Waals surface area contributed by atoms with Gasteiger partial charge in [-0.3, -0.25) is 4.90 Å². The first-order valence-electron chi connectivity index (χ1n) is 9.53. The lowest BCUT2D eigenvalue weighted by molar-refractivity contribution is 0.215. The Hall–Kier alpha value is -3.06. The molecule has 0 atom stereocenters. The van der Waals surface area contributed by atoms with Gasteiger partial charge >= 0.3 is 0 Å². The van der Waals surface area contributed by atoms with Gasteiger partial charge in [-0.25, -0.2) is 0 Å². The van der Waals surface area contributed by atoms with Crippen molar-refractivity contribution in [2.24, 2.45) is 0 Å². The molecule has 0 spiro atoms. The minimum Gasteiger partial charge on any atom is -0.508 e. The van der Waals surface area contributed by atoms with Gasteiger partial charge in [-0.05, 0) is 55.5 Å². The number of phenolic OH excluding ortho intramolecular Hbond substituents is 1. The first-order valence-corrected chi connectivity index (χ1v) is 9.53. The molecule has 1 N–H and O–H groups in total. The van der Waals surface area contributed by atoms with Crippen molar-refractivity contribution < 1.29 is 14.4 Å². The van der Waals surface area contributed by atoms with Crippen LogP contribution in [0.15, 0.2) is 53.1 Å². The monoisotopic (exact) mass is 380 g/mol. The minimum absolute atomic E-state index is 0.294. The third kappa shape index (κ3) is 4.26. The van der Waals surface area contributed by atoms with E-state index in [9.17, 15) is 5.11 Å². The summed E-state index contributed by atoms with van der Waals surface area (Å²) in [5, 5.41) is 13.5. The topological polar surface area (TPSA) is 74.9 Å². The zero-order valence-corrected chi connectivity index (χ0v) is 15.9. The lowest BCUT2D eigenvalue weighted by Gasteiger charge is -2.35. The third-order valence-electron chi connectivity index (χ3n) is 4.84. The van der Waals surface area contributed by atoms with Gasteiger partial charge in [0.25, 0.3) is 0 Å². The Morgan fingerprint density at radius 3 is 2.39 bits per heavy atom. The molecule has 3 aromatic rings. The van der Waals surface area contributed by atoms with Crippen molar-refractivity contribution in [3.8, 4) is 22.9 Å². The van der Waals surface area contributed by atoms with Crippen molar-refractivity contribution in [3.63, 3.8) is 0 Å². The van der Waals surface area contributed by atoms with Crippen LogP contribution in [0.1, 0.15) is 12.8 Å². The summed E-state index contributed by atoms with van der Waals surface area (Å²) in [6, 6.07) is 15.1. The third-order valence-corrected chi connectivity index (χ3v) is 4.84. The molecule has 0 saturated carbocycles. The highest BCUT2D eigenvalue weighted by molar-refractivity contribution is 5.55. The molecule has 7 heteroatoms. The second-order valence-corrected chi connectivity index (χ2v) is 6.75. The van der Waals surface area contributed by atoms with E-state index in [0.29, 0.717) is 30.6 Å². The summed E-state index contributed by atoms with van der Waals surface area (Å²) in [6.07, 6.45) is 0. The van der Waals surface area contributed by atoms with E-state index in [1.54, 1.807) is 12.1 Å². The second kappa shape index (κ2) is 8.31. The van der Waals surface area contributed by atoms with Crippen molar-refractivity contribution in [1.29, 1.82) is 0 Å². The molecule has 146 valence electrons. The SMILES string of the molecule is CCOc1ccc(-c2noc(CN3CCN(c4ccc(O)cc4)CC3)n2)cc1. The molecule has 1 aliphatic rings. The van der Waals surface area contributed by atoms with E-state index in [0.717, 1.165) is 43.2 Å². The summed E-state index contributed by atoms with van der Waals surface area (Å²) >= 11 is 0. The summed E-state index contributed by atoms with van der Waals surface area (Å²) in [6.45, 7) is 6.93. The molecule has 1 aliphatic heterocycles. The summed E-state index contributed by atoms with van der Waals surface area (Å²) in [4.78, 5) is 9.16. The molecule has 4 rings (SSSR count). The number of rotatable bonds is 6. The van der Waals surface area contributed by atoms with E-state index in [1.165, 1.54) is 0 Å².